The molecule has 3 rings (SSSR count). The lowest BCUT2D eigenvalue weighted by atomic mass is 9.98. The Kier molecular flexibility index (Phi) is 8.40. The van der Waals surface area contributed by atoms with E-state index in [0.29, 0.717) is 37.8 Å². The highest BCUT2D eigenvalue weighted by atomic mass is 35.5. The first-order valence-electron chi connectivity index (χ1n) is 10.6. The summed E-state index contributed by atoms with van der Waals surface area (Å²) in [5.74, 6) is 0.0655. The number of ether oxygens (including phenoxy) is 1. The number of urea groups is 1. The maximum absolute atomic E-state index is 12.9. The molecule has 0 fully saturated rings. The second-order valence-electron chi connectivity index (χ2n) is 8.31. The van der Waals surface area contributed by atoms with E-state index in [4.69, 9.17) is 27.9 Å². The molecule has 3 aromatic rings. The van der Waals surface area contributed by atoms with Gasteiger partial charge in [-0.25, -0.2) is 9.59 Å². The fraction of sp³-hybridized carbons (Fsp3) is 0.280. The molecule has 5 nitrogen and oxygen atoms in total. The third kappa shape index (κ3) is 6.73. The average Bonchev–Trinajstić information content (AvgIpc) is 3.14. The lowest BCUT2D eigenvalue weighted by Gasteiger charge is -2.13. The molecule has 0 saturated carbocycles. The van der Waals surface area contributed by atoms with E-state index in [0.717, 1.165) is 12.0 Å². The summed E-state index contributed by atoms with van der Waals surface area (Å²) in [4.78, 5) is 25.6. The van der Waals surface area contributed by atoms with E-state index in [-0.39, 0.29) is 6.10 Å². The van der Waals surface area contributed by atoms with Gasteiger partial charge in [-0.2, -0.15) is 0 Å². The van der Waals surface area contributed by atoms with Crippen LogP contribution < -0.4 is 10.6 Å². The quantitative estimate of drug-likeness (QED) is 0.319. The van der Waals surface area contributed by atoms with Crippen LogP contribution in [0, 0.1) is 5.92 Å². The third-order valence-electron chi connectivity index (χ3n) is 4.65. The van der Waals surface area contributed by atoms with Crippen LogP contribution in [0.1, 0.15) is 43.6 Å². The maximum Gasteiger partial charge on any atom is 0.342 e. The number of rotatable bonds is 7. The fourth-order valence-electron chi connectivity index (χ4n) is 3.27. The smallest absolute Gasteiger partial charge is 0.342 e. The van der Waals surface area contributed by atoms with Crippen LogP contribution in [-0.4, -0.2) is 18.1 Å². The fourth-order valence-corrected chi connectivity index (χ4v) is 4.52. The maximum atomic E-state index is 12.9. The minimum atomic E-state index is -0.507. The van der Waals surface area contributed by atoms with E-state index < -0.39 is 12.0 Å². The highest BCUT2D eigenvalue weighted by Gasteiger charge is 2.24. The standard InChI is InChI=1S/C25H26Cl2N2O3S/c1-14(2)11-16-5-7-17(8-6-16)19-13-33-23(22(19)24(30)32-15(3)4)29-25(31)28-18-9-10-20(26)21(27)12-18/h5-10,12-15H,11H2,1-4H3,(H2,28,29,31). The first-order valence-corrected chi connectivity index (χ1v) is 12.2. The van der Waals surface area contributed by atoms with Crippen molar-refractivity contribution >= 4 is 57.2 Å². The van der Waals surface area contributed by atoms with E-state index in [2.05, 4.69) is 36.6 Å². The molecule has 0 saturated heterocycles. The largest absolute Gasteiger partial charge is 0.459 e. The predicted molar refractivity (Wildman–Crippen MR) is 138 cm³/mol. The first kappa shape index (κ1) is 25.1. The lowest BCUT2D eigenvalue weighted by molar-refractivity contribution is 0.0380. The molecule has 0 radical (unpaired) electrons. The Labute approximate surface area is 208 Å². The molecular weight excluding hydrogens is 479 g/mol. The highest BCUT2D eigenvalue weighted by molar-refractivity contribution is 7.15. The first-order chi connectivity index (χ1) is 15.6. The Balaban J connectivity index is 1.88. The number of hydrogen-bond acceptors (Lipinski definition) is 4. The minimum absolute atomic E-state index is 0.295. The van der Waals surface area contributed by atoms with Crippen molar-refractivity contribution in [2.24, 2.45) is 5.92 Å². The van der Waals surface area contributed by atoms with Crippen molar-refractivity contribution in [2.45, 2.75) is 40.2 Å². The molecule has 174 valence electrons. The average molecular weight is 505 g/mol. The van der Waals surface area contributed by atoms with Gasteiger partial charge in [0, 0.05) is 16.6 Å². The van der Waals surface area contributed by atoms with Crippen molar-refractivity contribution in [3.8, 4) is 11.1 Å². The number of hydrogen-bond donors (Lipinski definition) is 2. The summed E-state index contributed by atoms with van der Waals surface area (Å²) in [6.07, 6.45) is 0.685. The molecule has 1 heterocycles. The molecule has 2 amide bonds. The van der Waals surface area contributed by atoms with Crippen molar-refractivity contribution in [3.63, 3.8) is 0 Å². The van der Waals surface area contributed by atoms with E-state index in [9.17, 15) is 9.59 Å². The van der Waals surface area contributed by atoms with Crippen molar-refractivity contribution < 1.29 is 14.3 Å². The van der Waals surface area contributed by atoms with Crippen LogP contribution in [0.3, 0.4) is 0 Å². The highest BCUT2D eigenvalue weighted by Crippen LogP contribution is 2.37. The molecule has 33 heavy (non-hydrogen) atoms. The normalized spacial score (nSPS) is 11.0. The number of benzene rings is 2. The summed E-state index contributed by atoms with van der Waals surface area (Å²) in [7, 11) is 0. The number of nitrogens with one attached hydrogen (secondary N) is 2. The molecular formula is C25H26Cl2N2O3S. The topological polar surface area (TPSA) is 67.4 Å². The summed E-state index contributed by atoms with van der Waals surface area (Å²) >= 11 is 13.2. The number of amides is 2. The number of halogens is 2. The molecule has 0 aliphatic rings. The van der Waals surface area contributed by atoms with E-state index in [1.807, 2.05) is 17.5 Å². The zero-order valence-corrected chi connectivity index (χ0v) is 21.2. The Bertz CT molecular complexity index is 1140. The Morgan fingerprint density at radius 2 is 1.67 bits per heavy atom. The molecule has 0 aliphatic heterocycles. The lowest BCUT2D eigenvalue weighted by Crippen LogP contribution is -2.21. The van der Waals surface area contributed by atoms with Gasteiger partial charge in [0.1, 0.15) is 10.6 Å². The molecule has 2 aromatic carbocycles. The number of thiophene rings is 1. The van der Waals surface area contributed by atoms with Crippen LogP contribution in [0.5, 0.6) is 0 Å². The molecule has 8 heteroatoms. The van der Waals surface area contributed by atoms with E-state index >= 15 is 0 Å². The van der Waals surface area contributed by atoms with Gasteiger partial charge < -0.3 is 10.1 Å². The van der Waals surface area contributed by atoms with Gasteiger partial charge >= 0.3 is 12.0 Å². The number of esters is 1. The van der Waals surface area contributed by atoms with Crippen molar-refractivity contribution in [3.05, 3.63) is 69.0 Å². The van der Waals surface area contributed by atoms with Crippen molar-refractivity contribution in [2.75, 3.05) is 10.6 Å². The monoisotopic (exact) mass is 504 g/mol. The summed E-state index contributed by atoms with van der Waals surface area (Å²) in [5, 5.41) is 8.44. The van der Waals surface area contributed by atoms with Gasteiger partial charge in [0.15, 0.2) is 0 Å². The molecule has 1 aromatic heterocycles. The van der Waals surface area contributed by atoms with Gasteiger partial charge in [-0.3, -0.25) is 5.32 Å². The summed E-state index contributed by atoms with van der Waals surface area (Å²) < 4.78 is 5.47. The van der Waals surface area contributed by atoms with Gasteiger partial charge in [0.05, 0.1) is 16.1 Å². The van der Waals surface area contributed by atoms with Crippen LogP contribution in [0.2, 0.25) is 10.0 Å². The minimum Gasteiger partial charge on any atom is -0.459 e. The van der Waals surface area contributed by atoms with Gasteiger partial charge in [0.2, 0.25) is 0 Å². The Hall–Kier alpha value is -2.54. The van der Waals surface area contributed by atoms with Crippen LogP contribution in [0.25, 0.3) is 11.1 Å². The Morgan fingerprint density at radius 3 is 2.27 bits per heavy atom. The molecule has 0 bridgehead atoms. The van der Waals surface area contributed by atoms with Gasteiger partial charge in [-0.15, -0.1) is 11.3 Å². The zero-order chi connectivity index (χ0) is 24.1. The van der Waals surface area contributed by atoms with Gasteiger partial charge in [-0.05, 0) is 55.5 Å². The molecule has 0 atom stereocenters. The van der Waals surface area contributed by atoms with Crippen LogP contribution >= 0.6 is 34.5 Å². The summed E-state index contributed by atoms with van der Waals surface area (Å²) in [5.41, 5.74) is 3.63. The molecule has 0 aliphatic carbocycles. The number of carbonyl (C=O) groups excluding carboxylic acids is 2. The van der Waals surface area contributed by atoms with Gasteiger partial charge in [-0.1, -0.05) is 61.3 Å². The Morgan fingerprint density at radius 1 is 0.970 bits per heavy atom. The van der Waals surface area contributed by atoms with E-state index in [1.165, 1.54) is 16.9 Å². The molecule has 2 N–H and O–H groups in total. The van der Waals surface area contributed by atoms with Crippen molar-refractivity contribution in [1.29, 1.82) is 0 Å². The second-order valence-corrected chi connectivity index (χ2v) is 10.0. The summed E-state index contributed by atoms with van der Waals surface area (Å²) in [6, 6.07) is 12.4. The van der Waals surface area contributed by atoms with Gasteiger partial charge in [0.25, 0.3) is 0 Å². The number of carbonyl (C=O) groups is 2. The predicted octanol–water partition coefficient (Wildman–Crippen LogP) is 8.13. The number of anilines is 2. The third-order valence-corrected chi connectivity index (χ3v) is 6.29. The van der Waals surface area contributed by atoms with Crippen LogP contribution in [-0.2, 0) is 11.2 Å². The SMILES string of the molecule is CC(C)Cc1ccc(-c2csc(NC(=O)Nc3ccc(Cl)c(Cl)c3)c2C(=O)OC(C)C)cc1. The van der Waals surface area contributed by atoms with Crippen molar-refractivity contribution in [1.82, 2.24) is 0 Å². The molecule has 0 unspecified atom stereocenters. The summed E-state index contributed by atoms with van der Waals surface area (Å²) in [6.45, 7) is 7.92. The second kappa shape index (κ2) is 11.1. The van der Waals surface area contributed by atoms with Crippen LogP contribution in [0.15, 0.2) is 47.8 Å². The van der Waals surface area contributed by atoms with E-state index in [1.54, 1.807) is 32.0 Å². The van der Waals surface area contributed by atoms with Crippen LogP contribution in [0.4, 0.5) is 15.5 Å². The molecule has 0 spiro atoms. The zero-order valence-electron chi connectivity index (χ0n) is 18.9.